The van der Waals surface area contributed by atoms with Gasteiger partial charge in [0, 0.05) is 13.1 Å². The molecule has 140 valence electrons. The predicted molar refractivity (Wildman–Crippen MR) is 101 cm³/mol. The molecule has 0 unspecified atom stereocenters. The maximum Gasteiger partial charge on any atom is 0.277 e. The average Bonchev–Trinajstić information content (AvgIpc) is 2.87. The topological polar surface area (TPSA) is 49.9 Å². The number of aryl methyl sites for hydroxylation is 1. The van der Waals surface area contributed by atoms with Crippen molar-refractivity contribution in [1.29, 1.82) is 0 Å². The van der Waals surface area contributed by atoms with Crippen molar-refractivity contribution in [2.75, 3.05) is 26.2 Å². The van der Waals surface area contributed by atoms with E-state index in [1.54, 1.807) is 0 Å². The normalized spacial score (nSPS) is 18.5. The van der Waals surface area contributed by atoms with E-state index in [-0.39, 0.29) is 17.9 Å². The molecule has 0 spiro atoms. The number of carbonyl (C=O) groups excluding carboxylic acids is 2. The Balaban J connectivity index is 1.92. The van der Waals surface area contributed by atoms with Gasteiger partial charge < -0.3 is 9.64 Å². The fraction of sp³-hybridized carbons (Fsp3) is 0.524. The van der Waals surface area contributed by atoms with Crippen LogP contribution in [0.4, 0.5) is 0 Å². The van der Waals surface area contributed by atoms with E-state index in [9.17, 15) is 9.59 Å². The van der Waals surface area contributed by atoms with Crippen molar-refractivity contribution in [3.05, 3.63) is 41.1 Å². The van der Waals surface area contributed by atoms with Gasteiger partial charge in [-0.25, -0.2) is 0 Å². The molecule has 26 heavy (non-hydrogen) atoms. The number of benzene rings is 1. The Hall–Kier alpha value is -2.14. The van der Waals surface area contributed by atoms with Crippen LogP contribution in [-0.2, 0) is 14.3 Å². The van der Waals surface area contributed by atoms with E-state index in [0.29, 0.717) is 24.4 Å². The van der Waals surface area contributed by atoms with Crippen LogP contribution in [0.15, 0.2) is 30.0 Å². The summed E-state index contributed by atoms with van der Waals surface area (Å²) in [6.07, 6.45) is 3.37. The standard InChI is InChI=1S/C21H28N2O3/c1-15(2)26-14-13-23-20(24)18(17-9-7-16(3)8-10-17)19(21(23)25)22-11-5-4-6-12-22/h7-10,15H,4-6,11-14H2,1-3H3. The van der Waals surface area contributed by atoms with Crippen molar-refractivity contribution in [2.24, 2.45) is 0 Å². The maximum absolute atomic E-state index is 13.1. The van der Waals surface area contributed by atoms with Gasteiger partial charge in [0.25, 0.3) is 11.8 Å². The van der Waals surface area contributed by atoms with Crippen LogP contribution >= 0.6 is 0 Å². The molecule has 2 heterocycles. The van der Waals surface area contributed by atoms with Crippen molar-refractivity contribution < 1.29 is 14.3 Å². The molecule has 2 aliphatic heterocycles. The summed E-state index contributed by atoms with van der Waals surface area (Å²) in [6.45, 7) is 8.23. The second-order valence-electron chi connectivity index (χ2n) is 7.32. The molecular formula is C21H28N2O3. The minimum Gasteiger partial charge on any atom is -0.377 e. The number of ether oxygens (including phenoxy) is 1. The molecule has 1 aromatic carbocycles. The zero-order chi connectivity index (χ0) is 18.7. The first kappa shape index (κ1) is 18.6. The van der Waals surface area contributed by atoms with Gasteiger partial charge in [0.1, 0.15) is 5.70 Å². The molecule has 1 fully saturated rings. The lowest BCUT2D eigenvalue weighted by Gasteiger charge is -2.29. The van der Waals surface area contributed by atoms with Crippen molar-refractivity contribution in [3.8, 4) is 0 Å². The number of nitrogens with zero attached hydrogens (tertiary/aromatic N) is 2. The van der Waals surface area contributed by atoms with E-state index >= 15 is 0 Å². The van der Waals surface area contributed by atoms with Crippen molar-refractivity contribution >= 4 is 17.4 Å². The van der Waals surface area contributed by atoms with Gasteiger partial charge >= 0.3 is 0 Å². The van der Waals surface area contributed by atoms with Crippen LogP contribution in [0.2, 0.25) is 0 Å². The third kappa shape index (κ3) is 3.83. The molecular weight excluding hydrogens is 328 g/mol. The Bertz CT molecular complexity index is 700. The smallest absolute Gasteiger partial charge is 0.277 e. The lowest BCUT2D eigenvalue weighted by molar-refractivity contribution is -0.138. The third-order valence-electron chi connectivity index (χ3n) is 4.92. The van der Waals surface area contributed by atoms with Crippen LogP contribution in [0.25, 0.3) is 5.57 Å². The lowest BCUT2D eigenvalue weighted by atomic mass is 10.0. The van der Waals surface area contributed by atoms with E-state index in [4.69, 9.17) is 4.74 Å². The highest BCUT2D eigenvalue weighted by Gasteiger charge is 2.41. The first-order valence-electron chi connectivity index (χ1n) is 9.53. The molecule has 0 atom stereocenters. The van der Waals surface area contributed by atoms with E-state index in [1.807, 2.05) is 45.0 Å². The quantitative estimate of drug-likeness (QED) is 0.735. The Morgan fingerprint density at radius 2 is 1.65 bits per heavy atom. The number of likely N-dealkylation sites (tertiary alicyclic amines) is 1. The molecule has 0 aliphatic carbocycles. The zero-order valence-corrected chi connectivity index (χ0v) is 16.0. The van der Waals surface area contributed by atoms with Gasteiger partial charge in [-0.1, -0.05) is 29.8 Å². The highest BCUT2D eigenvalue weighted by Crippen LogP contribution is 2.33. The number of imide groups is 1. The van der Waals surface area contributed by atoms with E-state index in [1.165, 1.54) is 11.3 Å². The molecule has 5 heteroatoms. The molecule has 0 saturated carbocycles. The van der Waals surface area contributed by atoms with Crippen LogP contribution in [-0.4, -0.2) is 54.0 Å². The fourth-order valence-electron chi connectivity index (χ4n) is 3.54. The molecule has 2 aliphatic rings. The summed E-state index contributed by atoms with van der Waals surface area (Å²) in [5.41, 5.74) is 3.07. The van der Waals surface area contributed by atoms with Gasteiger partial charge in [-0.3, -0.25) is 14.5 Å². The van der Waals surface area contributed by atoms with Crippen LogP contribution in [0.3, 0.4) is 0 Å². The van der Waals surface area contributed by atoms with Crippen molar-refractivity contribution in [2.45, 2.75) is 46.1 Å². The summed E-state index contributed by atoms with van der Waals surface area (Å²) in [6, 6.07) is 7.85. The molecule has 1 aromatic rings. The molecule has 0 aromatic heterocycles. The molecule has 5 nitrogen and oxygen atoms in total. The van der Waals surface area contributed by atoms with E-state index < -0.39 is 0 Å². The number of hydrogen-bond acceptors (Lipinski definition) is 4. The minimum absolute atomic E-state index is 0.0777. The second kappa shape index (κ2) is 8.04. The average molecular weight is 356 g/mol. The van der Waals surface area contributed by atoms with Crippen LogP contribution < -0.4 is 0 Å². The SMILES string of the molecule is Cc1ccc(C2=C(N3CCCCC3)C(=O)N(CCOC(C)C)C2=O)cc1. The molecule has 1 saturated heterocycles. The Morgan fingerprint density at radius 3 is 2.27 bits per heavy atom. The van der Waals surface area contributed by atoms with Crippen LogP contribution in [0.5, 0.6) is 0 Å². The van der Waals surface area contributed by atoms with Gasteiger partial charge in [0.05, 0.1) is 24.8 Å². The fourth-order valence-corrected chi connectivity index (χ4v) is 3.54. The lowest BCUT2D eigenvalue weighted by Crippen LogP contribution is -2.39. The molecule has 3 rings (SSSR count). The highest BCUT2D eigenvalue weighted by atomic mass is 16.5. The Morgan fingerprint density at radius 1 is 1.00 bits per heavy atom. The zero-order valence-electron chi connectivity index (χ0n) is 16.0. The number of rotatable bonds is 6. The van der Waals surface area contributed by atoms with Gasteiger partial charge in [0.2, 0.25) is 0 Å². The van der Waals surface area contributed by atoms with Crippen molar-refractivity contribution in [3.63, 3.8) is 0 Å². The first-order chi connectivity index (χ1) is 12.5. The third-order valence-corrected chi connectivity index (χ3v) is 4.92. The van der Waals surface area contributed by atoms with E-state index in [2.05, 4.69) is 4.90 Å². The van der Waals surface area contributed by atoms with Gasteiger partial charge in [-0.2, -0.15) is 0 Å². The number of piperidine rings is 1. The number of amides is 2. The number of hydrogen-bond donors (Lipinski definition) is 0. The highest BCUT2D eigenvalue weighted by molar-refractivity contribution is 6.35. The number of carbonyl (C=O) groups is 2. The molecule has 0 N–H and O–H groups in total. The van der Waals surface area contributed by atoms with Crippen LogP contribution in [0, 0.1) is 6.92 Å². The van der Waals surface area contributed by atoms with Crippen molar-refractivity contribution in [1.82, 2.24) is 9.80 Å². The maximum atomic E-state index is 13.1. The molecule has 0 radical (unpaired) electrons. The second-order valence-corrected chi connectivity index (χ2v) is 7.32. The van der Waals surface area contributed by atoms with Gasteiger partial charge in [-0.15, -0.1) is 0 Å². The predicted octanol–water partition coefficient (Wildman–Crippen LogP) is 2.99. The van der Waals surface area contributed by atoms with Gasteiger partial charge in [0.15, 0.2) is 0 Å². The molecule has 0 bridgehead atoms. The summed E-state index contributed by atoms with van der Waals surface area (Å²) in [7, 11) is 0. The largest absolute Gasteiger partial charge is 0.377 e. The first-order valence-corrected chi connectivity index (χ1v) is 9.53. The van der Waals surface area contributed by atoms with Gasteiger partial charge in [-0.05, 0) is 45.6 Å². The minimum atomic E-state index is -0.202. The Kier molecular flexibility index (Phi) is 5.77. The van der Waals surface area contributed by atoms with Crippen LogP contribution in [0.1, 0.15) is 44.2 Å². The summed E-state index contributed by atoms with van der Waals surface area (Å²) in [4.78, 5) is 29.6. The van der Waals surface area contributed by atoms with E-state index in [0.717, 1.165) is 37.1 Å². The summed E-state index contributed by atoms with van der Waals surface area (Å²) in [5, 5.41) is 0. The summed E-state index contributed by atoms with van der Waals surface area (Å²) in [5.74, 6) is -0.383. The molecule has 2 amide bonds. The summed E-state index contributed by atoms with van der Waals surface area (Å²) < 4.78 is 5.56. The Labute approximate surface area is 155 Å². The monoisotopic (exact) mass is 356 g/mol. The summed E-state index contributed by atoms with van der Waals surface area (Å²) >= 11 is 0.